The zero-order chi connectivity index (χ0) is 23.3. The number of hydrogen-bond acceptors (Lipinski definition) is 6. The highest BCUT2D eigenvalue weighted by Crippen LogP contribution is 2.46. The van der Waals surface area contributed by atoms with E-state index < -0.39 is 51.2 Å². The summed E-state index contributed by atoms with van der Waals surface area (Å²) in [5.74, 6) is -3.64. The monoisotopic (exact) mass is 476 g/mol. The number of hydrogen-bond donors (Lipinski definition) is 0. The van der Waals surface area contributed by atoms with E-state index in [0.717, 1.165) is 6.26 Å². The Morgan fingerprint density at radius 2 is 1.41 bits per heavy atom. The molecule has 0 saturated carbocycles. The van der Waals surface area contributed by atoms with Gasteiger partial charge in [-0.2, -0.15) is 17.2 Å². The van der Waals surface area contributed by atoms with Crippen LogP contribution in [0, 0.1) is 0 Å². The number of ether oxygens (including phenoxy) is 1. The van der Waals surface area contributed by atoms with Gasteiger partial charge in [0.05, 0.1) is 12.9 Å². The lowest BCUT2D eigenvalue weighted by atomic mass is 10.1. The first-order valence-corrected chi connectivity index (χ1v) is 17.4. The molecule has 0 bridgehead atoms. The Morgan fingerprint density at radius 3 is 1.79 bits per heavy atom. The molecule has 29 heavy (non-hydrogen) atoms. The summed E-state index contributed by atoms with van der Waals surface area (Å²) in [6.45, 7) is 19.6. The molecule has 0 amide bonds. The molecule has 0 aromatic rings. The van der Waals surface area contributed by atoms with Gasteiger partial charge in [0.25, 0.3) is 10.1 Å². The molecule has 0 aliphatic carbocycles. The van der Waals surface area contributed by atoms with Gasteiger partial charge < -0.3 is 13.6 Å². The summed E-state index contributed by atoms with van der Waals surface area (Å²) < 4.78 is 75.4. The van der Waals surface area contributed by atoms with Gasteiger partial charge in [-0.15, -0.1) is 0 Å². The molecule has 1 fully saturated rings. The molecular weight excluding hydrogens is 438 g/mol. The van der Waals surface area contributed by atoms with Crippen molar-refractivity contribution in [1.29, 1.82) is 0 Å². The molecule has 1 heterocycles. The molecule has 1 aliphatic heterocycles. The van der Waals surface area contributed by atoms with Crippen molar-refractivity contribution in [2.45, 2.75) is 102 Å². The summed E-state index contributed by atoms with van der Waals surface area (Å²) in [7, 11) is -9.00. The molecule has 1 saturated heterocycles. The van der Waals surface area contributed by atoms with Crippen molar-refractivity contribution in [2.24, 2.45) is 0 Å². The maximum atomic E-state index is 15.2. The molecule has 1 aliphatic rings. The van der Waals surface area contributed by atoms with Crippen LogP contribution in [0.15, 0.2) is 0 Å². The third-order valence-corrected chi connectivity index (χ3v) is 15.7. The SMILES string of the molecule is CC(C)(C)[Si](C)(C)OC[C@H]1O[C@@H](OS(C)(=O)=O)C(F)(F)C1O[Si](C)(C)C(C)(C)C. The van der Waals surface area contributed by atoms with Crippen LogP contribution in [-0.4, -0.2) is 62.3 Å². The molecular formula is C18H38F2O6SSi2. The average Bonchev–Trinajstić information content (AvgIpc) is 2.64. The van der Waals surface area contributed by atoms with Gasteiger partial charge in [0.15, 0.2) is 16.6 Å². The van der Waals surface area contributed by atoms with Crippen LogP contribution < -0.4 is 0 Å². The Hall–Kier alpha value is 0.0838. The van der Waals surface area contributed by atoms with Crippen molar-refractivity contribution in [3.63, 3.8) is 0 Å². The summed E-state index contributed by atoms with van der Waals surface area (Å²) in [4.78, 5) is 0. The van der Waals surface area contributed by atoms with Crippen LogP contribution >= 0.6 is 0 Å². The van der Waals surface area contributed by atoms with E-state index in [0.29, 0.717) is 0 Å². The van der Waals surface area contributed by atoms with Gasteiger partial charge in [0.2, 0.25) is 6.29 Å². The number of alkyl halides is 2. The Morgan fingerprint density at radius 1 is 0.966 bits per heavy atom. The minimum Gasteiger partial charge on any atom is -0.414 e. The Labute approximate surface area is 177 Å². The molecule has 11 heteroatoms. The van der Waals surface area contributed by atoms with Gasteiger partial charge in [-0.1, -0.05) is 41.5 Å². The second kappa shape index (κ2) is 8.21. The van der Waals surface area contributed by atoms with Crippen molar-refractivity contribution < 1.29 is 35.0 Å². The summed E-state index contributed by atoms with van der Waals surface area (Å²) >= 11 is 0. The fourth-order valence-electron chi connectivity index (χ4n) is 2.23. The second-order valence-electron chi connectivity index (χ2n) is 10.9. The molecule has 6 nitrogen and oxygen atoms in total. The van der Waals surface area contributed by atoms with E-state index in [1.54, 1.807) is 0 Å². The number of halogens is 2. The fourth-order valence-corrected chi connectivity index (χ4v) is 5.03. The molecule has 174 valence electrons. The average molecular weight is 477 g/mol. The van der Waals surface area contributed by atoms with Crippen LogP contribution in [0.25, 0.3) is 0 Å². The van der Waals surface area contributed by atoms with E-state index in [9.17, 15) is 8.42 Å². The summed E-state index contributed by atoms with van der Waals surface area (Å²) in [5, 5.41) is -0.434. The van der Waals surface area contributed by atoms with Crippen LogP contribution in [0.2, 0.25) is 36.3 Å². The van der Waals surface area contributed by atoms with Gasteiger partial charge in [-0.05, 0) is 36.3 Å². The quantitative estimate of drug-likeness (QED) is 0.391. The molecule has 0 aromatic carbocycles. The maximum Gasteiger partial charge on any atom is 0.325 e. The van der Waals surface area contributed by atoms with E-state index in [1.807, 2.05) is 67.7 Å². The number of rotatable bonds is 7. The van der Waals surface area contributed by atoms with Crippen LogP contribution in [-0.2, 0) is 27.9 Å². The van der Waals surface area contributed by atoms with Gasteiger partial charge in [-0.25, -0.2) is 4.18 Å². The van der Waals surface area contributed by atoms with Crippen LogP contribution in [0.1, 0.15) is 41.5 Å². The Bertz CT molecular complexity index is 683. The third kappa shape index (κ3) is 6.53. The first kappa shape index (κ1) is 27.1. The highest BCUT2D eigenvalue weighted by molar-refractivity contribution is 7.86. The first-order chi connectivity index (χ1) is 12.5. The molecule has 0 radical (unpaired) electrons. The highest BCUT2D eigenvalue weighted by Gasteiger charge is 2.63. The maximum absolute atomic E-state index is 15.2. The van der Waals surface area contributed by atoms with E-state index in [1.165, 1.54) is 0 Å². The fraction of sp³-hybridized carbons (Fsp3) is 1.00. The molecule has 0 N–H and O–H groups in total. The third-order valence-electron chi connectivity index (χ3n) is 6.23. The zero-order valence-corrected chi connectivity index (χ0v) is 22.4. The first-order valence-electron chi connectivity index (χ1n) is 9.74. The van der Waals surface area contributed by atoms with Crippen LogP contribution in [0.5, 0.6) is 0 Å². The van der Waals surface area contributed by atoms with Crippen molar-refractivity contribution >= 4 is 26.8 Å². The van der Waals surface area contributed by atoms with E-state index >= 15 is 8.78 Å². The van der Waals surface area contributed by atoms with Crippen molar-refractivity contribution in [3.05, 3.63) is 0 Å². The Kier molecular flexibility index (Phi) is 7.68. The standard InChI is InChI=1S/C18H38F2O6SSi2/c1-16(2,3)28(8,9)23-12-13-14(26-29(10,11)17(4,5)6)18(19,20)15(24-13)25-27(7,21)22/h13-15H,12H2,1-11H3/t13-,14?,15+/m1/s1. The van der Waals surface area contributed by atoms with Crippen LogP contribution in [0.3, 0.4) is 0 Å². The molecule has 1 rings (SSSR count). The molecule has 0 aromatic heterocycles. The predicted octanol–water partition coefficient (Wildman–Crippen LogP) is 4.74. The van der Waals surface area contributed by atoms with Gasteiger partial charge in [0.1, 0.15) is 12.2 Å². The largest absolute Gasteiger partial charge is 0.414 e. The van der Waals surface area contributed by atoms with E-state index in [-0.39, 0.29) is 16.7 Å². The minimum absolute atomic E-state index is 0.116. The smallest absolute Gasteiger partial charge is 0.325 e. The lowest BCUT2D eigenvalue weighted by molar-refractivity contribution is -0.181. The molecule has 0 spiro atoms. The normalized spacial score (nSPS) is 26.7. The van der Waals surface area contributed by atoms with E-state index in [4.69, 9.17) is 13.6 Å². The molecule has 1 unspecified atom stereocenters. The van der Waals surface area contributed by atoms with Crippen molar-refractivity contribution in [1.82, 2.24) is 0 Å². The summed E-state index contributed by atoms with van der Waals surface area (Å²) in [6, 6.07) is 0. The Balaban J connectivity index is 3.21. The topological polar surface area (TPSA) is 71.1 Å². The summed E-state index contributed by atoms with van der Waals surface area (Å²) in [5.41, 5.74) is 0. The minimum atomic E-state index is -4.15. The van der Waals surface area contributed by atoms with Gasteiger partial charge in [-0.3, -0.25) is 0 Å². The van der Waals surface area contributed by atoms with E-state index in [2.05, 4.69) is 4.18 Å². The van der Waals surface area contributed by atoms with Crippen molar-refractivity contribution in [3.8, 4) is 0 Å². The van der Waals surface area contributed by atoms with Gasteiger partial charge in [0, 0.05) is 0 Å². The summed E-state index contributed by atoms with van der Waals surface area (Å²) in [6.07, 6.45) is -4.31. The highest BCUT2D eigenvalue weighted by atomic mass is 32.2. The zero-order valence-electron chi connectivity index (χ0n) is 19.6. The van der Waals surface area contributed by atoms with Crippen molar-refractivity contribution in [2.75, 3.05) is 12.9 Å². The molecule has 3 atom stereocenters. The lowest BCUT2D eigenvalue weighted by Crippen LogP contribution is -2.53. The second-order valence-corrected chi connectivity index (χ2v) is 22.0. The van der Waals surface area contributed by atoms with Crippen LogP contribution in [0.4, 0.5) is 8.78 Å². The van der Waals surface area contributed by atoms with Gasteiger partial charge >= 0.3 is 5.92 Å². The lowest BCUT2D eigenvalue weighted by Gasteiger charge is -2.41. The predicted molar refractivity (Wildman–Crippen MR) is 115 cm³/mol.